The zero-order valence-corrected chi connectivity index (χ0v) is 17.6. The first-order valence-electron chi connectivity index (χ1n) is 9.59. The number of hydrogen-bond donors (Lipinski definition) is 1. The van der Waals surface area contributed by atoms with Crippen LogP contribution in [0.3, 0.4) is 0 Å². The molecule has 2 aromatic rings. The monoisotopic (exact) mass is 418 g/mol. The van der Waals surface area contributed by atoms with E-state index in [2.05, 4.69) is 5.32 Å². The van der Waals surface area contributed by atoms with Gasteiger partial charge in [-0.15, -0.1) is 0 Å². The summed E-state index contributed by atoms with van der Waals surface area (Å²) < 4.78 is 38.5. The molecule has 0 saturated carbocycles. The highest BCUT2D eigenvalue weighted by atomic mass is 32.2. The van der Waals surface area contributed by atoms with Crippen molar-refractivity contribution in [3.05, 3.63) is 54.1 Å². The van der Waals surface area contributed by atoms with E-state index < -0.39 is 10.0 Å². The summed E-state index contributed by atoms with van der Waals surface area (Å²) in [6, 6.07) is 13.1. The second kappa shape index (κ2) is 8.94. The fraction of sp³-hybridized carbons (Fsp3) is 0.381. The van der Waals surface area contributed by atoms with Crippen molar-refractivity contribution >= 4 is 21.6 Å². The number of carbonyl (C=O) groups excluding carboxylic acids is 1. The fourth-order valence-corrected chi connectivity index (χ4v) is 4.92. The summed E-state index contributed by atoms with van der Waals surface area (Å²) in [6.45, 7) is 6.73. The molecule has 1 aliphatic rings. The van der Waals surface area contributed by atoms with Crippen LogP contribution in [0.5, 0.6) is 5.75 Å². The number of morpholine rings is 1. The molecule has 3 rings (SSSR count). The maximum absolute atomic E-state index is 13.0. The lowest BCUT2D eigenvalue weighted by atomic mass is 10.2. The normalized spacial score (nSPS) is 20.2. The van der Waals surface area contributed by atoms with Crippen LogP contribution >= 0.6 is 0 Å². The molecule has 0 aromatic heterocycles. The molecule has 8 heteroatoms. The summed E-state index contributed by atoms with van der Waals surface area (Å²) in [5.74, 6) is 0.336. The molecule has 0 bridgehead atoms. The molecule has 1 heterocycles. The van der Waals surface area contributed by atoms with Crippen LogP contribution in [0.1, 0.15) is 31.1 Å². The quantitative estimate of drug-likeness (QED) is 0.779. The van der Waals surface area contributed by atoms with Gasteiger partial charge < -0.3 is 14.8 Å². The molecule has 2 aromatic carbocycles. The number of hydrogen-bond acceptors (Lipinski definition) is 5. The Morgan fingerprint density at radius 2 is 1.79 bits per heavy atom. The van der Waals surface area contributed by atoms with E-state index in [1.54, 1.807) is 36.4 Å². The van der Waals surface area contributed by atoms with E-state index in [9.17, 15) is 13.2 Å². The van der Waals surface area contributed by atoms with Gasteiger partial charge in [0.15, 0.2) is 0 Å². The van der Waals surface area contributed by atoms with Gasteiger partial charge in [0.2, 0.25) is 10.0 Å². The van der Waals surface area contributed by atoms with Crippen LogP contribution in [0, 0.1) is 0 Å². The highest BCUT2D eigenvalue weighted by molar-refractivity contribution is 7.89. The average Bonchev–Trinajstić information content (AvgIpc) is 2.69. The van der Waals surface area contributed by atoms with E-state index in [1.165, 1.54) is 16.4 Å². The van der Waals surface area contributed by atoms with Gasteiger partial charge in [-0.1, -0.05) is 6.07 Å². The Kier molecular flexibility index (Phi) is 6.56. The summed E-state index contributed by atoms with van der Waals surface area (Å²) in [4.78, 5) is 12.7. The Morgan fingerprint density at radius 3 is 2.41 bits per heavy atom. The summed E-state index contributed by atoms with van der Waals surface area (Å²) in [7, 11) is -3.71. The molecule has 1 aliphatic heterocycles. The van der Waals surface area contributed by atoms with E-state index in [1.807, 2.05) is 20.8 Å². The maximum Gasteiger partial charge on any atom is 0.255 e. The SMILES string of the molecule is CCOc1ccc(NC(=O)c2cccc(S(=O)(=O)N3C[C@@H](C)O[C@@H](C)C3)c2)cc1. The molecule has 0 radical (unpaired) electrons. The van der Waals surface area contributed by atoms with Crippen LogP contribution in [0.2, 0.25) is 0 Å². The van der Waals surface area contributed by atoms with Gasteiger partial charge in [0.25, 0.3) is 5.91 Å². The fourth-order valence-electron chi connectivity index (χ4n) is 3.28. The van der Waals surface area contributed by atoms with Crippen molar-refractivity contribution < 1.29 is 22.7 Å². The summed E-state index contributed by atoms with van der Waals surface area (Å²) in [5.41, 5.74) is 0.872. The second-order valence-electron chi connectivity index (χ2n) is 7.02. The van der Waals surface area contributed by atoms with E-state index in [0.717, 1.165) is 0 Å². The van der Waals surface area contributed by atoms with Crippen molar-refractivity contribution in [2.45, 2.75) is 37.9 Å². The minimum atomic E-state index is -3.71. The van der Waals surface area contributed by atoms with Crippen molar-refractivity contribution in [2.75, 3.05) is 25.0 Å². The van der Waals surface area contributed by atoms with E-state index in [-0.39, 0.29) is 41.7 Å². The molecule has 0 unspecified atom stereocenters. The number of amides is 1. The third kappa shape index (κ3) is 5.14. The molecule has 2 atom stereocenters. The smallest absolute Gasteiger partial charge is 0.255 e. The lowest BCUT2D eigenvalue weighted by Crippen LogP contribution is -2.48. The number of sulfonamides is 1. The third-order valence-corrected chi connectivity index (χ3v) is 6.37. The number of carbonyl (C=O) groups is 1. The number of benzene rings is 2. The second-order valence-corrected chi connectivity index (χ2v) is 8.96. The van der Waals surface area contributed by atoms with Gasteiger partial charge in [-0.3, -0.25) is 4.79 Å². The molecule has 156 valence electrons. The van der Waals surface area contributed by atoms with Gasteiger partial charge in [-0.25, -0.2) is 8.42 Å². The Bertz CT molecular complexity index is 949. The Morgan fingerprint density at radius 1 is 1.14 bits per heavy atom. The number of nitrogens with zero attached hydrogens (tertiary/aromatic N) is 1. The van der Waals surface area contributed by atoms with Crippen molar-refractivity contribution in [3.63, 3.8) is 0 Å². The zero-order chi connectivity index (χ0) is 21.0. The van der Waals surface area contributed by atoms with Crippen LogP contribution in [0.15, 0.2) is 53.4 Å². The lowest BCUT2D eigenvalue weighted by molar-refractivity contribution is -0.0440. The van der Waals surface area contributed by atoms with Crippen molar-refractivity contribution in [1.82, 2.24) is 4.31 Å². The number of ether oxygens (including phenoxy) is 2. The van der Waals surface area contributed by atoms with Crippen LogP contribution < -0.4 is 10.1 Å². The van der Waals surface area contributed by atoms with E-state index >= 15 is 0 Å². The van der Waals surface area contributed by atoms with E-state index in [4.69, 9.17) is 9.47 Å². The summed E-state index contributed by atoms with van der Waals surface area (Å²) in [5, 5.41) is 2.78. The summed E-state index contributed by atoms with van der Waals surface area (Å²) in [6.07, 6.45) is -0.362. The molecule has 1 N–H and O–H groups in total. The minimum Gasteiger partial charge on any atom is -0.494 e. The first kappa shape index (κ1) is 21.3. The first-order chi connectivity index (χ1) is 13.8. The molecule has 1 fully saturated rings. The molecular formula is C21H26N2O5S. The van der Waals surface area contributed by atoms with Crippen LogP contribution in [-0.2, 0) is 14.8 Å². The Hall–Kier alpha value is -2.42. The average molecular weight is 419 g/mol. The highest BCUT2D eigenvalue weighted by Gasteiger charge is 2.32. The first-order valence-corrected chi connectivity index (χ1v) is 11.0. The topological polar surface area (TPSA) is 84.9 Å². The van der Waals surface area contributed by atoms with Gasteiger partial charge in [-0.05, 0) is 63.2 Å². The predicted octanol–water partition coefficient (Wildman–Crippen LogP) is 3.14. The Balaban J connectivity index is 1.77. The molecule has 7 nitrogen and oxygen atoms in total. The van der Waals surface area contributed by atoms with Gasteiger partial charge >= 0.3 is 0 Å². The molecule has 1 amide bonds. The molecule has 0 aliphatic carbocycles. The highest BCUT2D eigenvalue weighted by Crippen LogP contribution is 2.23. The number of rotatable bonds is 6. The van der Waals surface area contributed by atoms with Gasteiger partial charge in [-0.2, -0.15) is 4.31 Å². The van der Waals surface area contributed by atoms with E-state index in [0.29, 0.717) is 18.0 Å². The predicted molar refractivity (Wildman–Crippen MR) is 111 cm³/mol. The molecular weight excluding hydrogens is 392 g/mol. The molecule has 29 heavy (non-hydrogen) atoms. The Labute approximate surface area is 171 Å². The number of anilines is 1. The number of nitrogens with one attached hydrogen (secondary N) is 1. The van der Waals surface area contributed by atoms with Crippen LogP contribution in [0.25, 0.3) is 0 Å². The van der Waals surface area contributed by atoms with Crippen LogP contribution in [0.4, 0.5) is 5.69 Å². The van der Waals surface area contributed by atoms with Crippen molar-refractivity contribution in [3.8, 4) is 5.75 Å². The third-order valence-electron chi connectivity index (χ3n) is 4.54. The molecule has 0 spiro atoms. The van der Waals surface area contributed by atoms with Crippen molar-refractivity contribution in [1.29, 1.82) is 0 Å². The van der Waals surface area contributed by atoms with Gasteiger partial charge in [0.05, 0.1) is 23.7 Å². The van der Waals surface area contributed by atoms with Crippen LogP contribution in [-0.4, -0.2) is 50.5 Å². The lowest BCUT2D eigenvalue weighted by Gasteiger charge is -2.34. The van der Waals surface area contributed by atoms with Gasteiger partial charge in [0.1, 0.15) is 5.75 Å². The van der Waals surface area contributed by atoms with Gasteiger partial charge in [0, 0.05) is 24.3 Å². The molecule has 1 saturated heterocycles. The standard InChI is InChI=1S/C21H26N2O5S/c1-4-27-19-10-8-18(9-11-19)22-21(24)17-6-5-7-20(12-17)29(25,26)23-13-15(2)28-16(3)14-23/h5-12,15-16H,4,13-14H2,1-3H3,(H,22,24)/t15-,16+. The zero-order valence-electron chi connectivity index (χ0n) is 16.8. The largest absolute Gasteiger partial charge is 0.494 e. The van der Waals surface area contributed by atoms with Crippen molar-refractivity contribution in [2.24, 2.45) is 0 Å². The maximum atomic E-state index is 13.0. The minimum absolute atomic E-state index is 0.0955. The summed E-state index contributed by atoms with van der Waals surface area (Å²) >= 11 is 0.